The number of carbonyl (C=O) groups is 2. The third-order valence-electron chi connectivity index (χ3n) is 6.94. The van der Waals surface area contributed by atoms with Crippen molar-refractivity contribution in [2.45, 2.75) is 33.2 Å². The summed E-state index contributed by atoms with van der Waals surface area (Å²) in [5.74, 6) is -0.397. The number of halogens is 1. The van der Waals surface area contributed by atoms with Crippen molar-refractivity contribution in [2.24, 2.45) is 5.73 Å². The summed E-state index contributed by atoms with van der Waals surface area (Å²) in [5.41, 5.74) is 12.4. The minimum atomic E-state index is -0.440. The highest BCUT2D eigenvalue weighted by Crippen LogP contribution is 2.33. The van der Waals surface area contributed by atoms with Crippen molar-refractivity contribution in [1.29, 1.82) is 0 Å². The van der Waals surface area contributed by atoms with E-state index in [-0.39, 0.29) is 5.91 Å². The van der Waals surface area contributed by atoms with Crippen molar-refractivity contribution in [3.05, 3.63) is 105 Å². The topological polar surface area (TPSA) is 79.5 Å². The summed E-state index contributed by atoms with van der Waals surface area (Å²) in [6.45, 7) is 8.04. The molecule has 7 heteroatoms. The molecule has 0 spiro atoms. The Labute approximate surface area is 223 Å². The van der Waals surface area contributed by atoms with Crippen LogP contribution in [0, 0.1) is 0 Å². The lowest BCUT2D eigenvalue weighted by Crippen LogP contribution is -2.30. The number of primary amides is 1. The summed E-state index contributed by atoms with van der Waals surface area (Å²) in [6, 6.07) is 19.2. The molecular formula is C30H33ClN4O2. The van der Waals surface area contributed by atoms with Gasteiger partial charge in [-0.15, -0.1) is 0 Å². The van der Waals surface area contributed by atoms with Gasteiger partial charge in [0.05, 0.1) is 0 Å². The molecule has 1 saturated heterocycles. The summed E-state index contributed by atoms with van der Waals surface area (Å²) in [6.07, 6.45) is 3.68. The second-order valence-electron chi connectivity index (χ2n) is 9.24. The molecule has 4 rings (SSSR count). The van der Waals surface area contributed by atoms with E-state index in [0.717, 1.165) is 54.7 Å². The lowest BCUT2D eigenvalue weighted by molar-refractivity contribution is 0.0772. The molecule has 3 aromatic rings. The Morgan fingerprint density at radius 2 is 1.41 bits per heavy atom. The first-order chi connectivity index (χ1) is 17.9. The Hall–Kier alpha value is -3.48. The molecule has 37 heavy (non-hydrogen) atoms. The van der Waals surface area contributed by atoms with E-state index < -0.39 is 5.91 Å². The molecule has 0 bridgehead atoms. The van der Waals surface area contributed by atoms with Crippen molar-refractivity contribution in [1.82, 2.24) is 14.8 Å². The van der Waals surface area contributed by atoms with Gasteiger partial charge in [-0.25, -0.2) is 4.98 Å². The van der Waals surface area contributed by atoms with Gasteiger partial charge in [-0.3, -0.25) is 14.5 Å². The number of likely N-dealkylation sites (tertiary alicyclic amines) is 1. The van der Waals surface area contributed by atoms with E-state index in [9.17, 15) is 9.59 Å². The SMILES string of the molecule is CCN(CC)C(=O)c1ccc(C(=C2CCN(Cc3ccc(Cl)nc3)CC2)c2ccc(C(N)=O)cc2)cc1. The molecule has 2 amide bonds. The van der Waals surface area contributed by atoms with Gasteiger partial charge in [-0.05, 0) is 79.3 Å². The zero-order valence-electron chi connectivity index (χ0n) is 21.4. The van der Waals surface area contributed by atoms with Crippen LogP contribution < -0.4 is 5.73 Å². The first-order valence-electron chi connectivity index (χ1n) is 12.7. The Bertz CT molecular complexity index is 1250. The van der Waals surface area contributed by atoms with E-state index in [1.54, 1.807) is 12.1 Å². The number of benzene rings is 2. The van der Waals surface area contributed by atoms with Crippen molar-refractivity contribution < 1.29 is 9.59 Å². The van der Waals surface area contributed by atoms with Gasteiger partial charge in [0.25, 0.3) is 5.91 Å². The maximum Gasteiger partial charge on any atom is 0.253 e. The third-order valence-corrected chi connectivity index (χ3v) is 7.16. The molecule has 6 nitrogen and oxygen atoms in total. The predicted molar refractivity (Wildman–Crippen MR) is 148 cm³/mol. The monoisotopic (exact) mass is 516 g/mol. The number of hydrogen-bond acceptors (Lipinski definition) is 4. The smallest absolute Gasteiger partial charge is 0.253 e. The molecule has 192 valence electrons. The van der Waals surface area contributed by atoms with Gasteiger partial charge in [0.1, 0.15) is 5.15 Å². The van der Waals surface area contributed by atoms with Crippen molar-refractivity contribution in [3.8, 4) is 0 Å². The number of amides is 2. The minimum Gasteiger partial charge on any atom is -0.366 e. The highest BCUT2D eigenvalue weighted by atomic mass is 35.5. The second kappa shape index (κ2) is 12.2. The zero-order chi connectivity index (χ0) is 26.4. The average Bonchev–Trinajstić information content (AvgIpc) is 2.92. The first kappa shape index (κ1) is 26.6. The molecule has 2 heterocycles. The number of aromatic nitrogens is 1. The number of hydrogen-bond donors (Lipinski definition) is 1. The van der Waals surface area contributed by atoms with Gasteiger partial charge in [-0.1, -0.05) is 47.5 Å². The average molecular weight is 517 g/mol. The van der Waals surface area contributed by atoms with Crippen molar-refractivity contribution >= 4 is 29.0 Å². The molecule has 0 aliphatic carbocycles. The van der Waals surface area contributed by atoms with E-state index in [2.05, 4.69) is 9.88 Å². The highest BCUT2D eigenvalue weighted by molar-refractivity contribution is 6.29. The van der Waals surface area contributed by atoms with Gasteiger partial charge in [0, 0.05) is 50.0 Å². The normalized spacial score (nSPS) is 13.9. The summed E-state index contributed by atoms with van der Waals surface area (Å²) < 4.78 is 0. The molecule has 0 radical (unpaired) electrons. The van der Waals surface area contributed by atoms with E-state index in [1.807, 2.05) is 73.5 Å². The largest absolute Gasteiger partial charge is 0.366 e. The van der Waals surface area contributed by atoms with Crippen LogP contribution in [-0.4, -0.2) is 52.8 Å². The lowest BCUT2D eigenvalue weighted by atomic mass is 9.87. The summed E-state index contributed by atoms with van der Waals surface area (Å²) >= 11 is 5.93. The highest BCUT2D eigenvalue weighted by Gasteiger charge is 2.20. The maximum absolute atomic E-state index is 12.8. The van der Waals surface area contributed by atoms with Crippen LogP contribution in [0.2, 0.25) is 5.15 Å². The van der Waals surface area contributed by atoms with Gasteiger partial charge >= 0.3 is 0 Å². The van der Waals surface area contributed by atoms with Crippen LogP contribution in [0.5, 0.6) is 0 Å². The van der Waals surface area contributed by atoms with Crippen LogP contribution in [-0.2, 0) is 6.54 Å². The van der Waals surface area contributed by atoms with Crippen LogP contribution in [0.15, 0.2) is 72.4 Å². The van der Waals surface area contributed by atoms with Gasteiger partial charge in [0.2, 0.25) is 5.91 Å². The zero-order valence-corrected chi connectivity index (χ0v) is 22.2. The molecule has 1 aliphatic rings. The van der Waals surface area contributed by atoms with Gasteiger partial charge in [0.15, 0.2) is 0 Å². The molecule has 1 aliphatic heterocycles. The number of rotatable bonds is 8. The molecule has 0 atom stereocenters. The maximum atomic E-state index is 12.8. The van der Waals surface area contributed by atoms with Crippen molar-refractivity contribution in [2.75, 3.05) is 26.2 Å². The van der Waals surface area contributed by atoms with Gasteiger partial charge < -0.3 is 10.6 Å². The van der Waals surface area contributed by atoms with E-state index >= 15 is 0 Å². The predicted octanol–water partition coefficient (Wildman–Crippen LogP) is 5.41. The van der Waals surface area contributed by atoms with E-state index in [0.29, 0.717) is 29.4 Å². The fourth-order valence-corrected chi connectivity index (χ4v) is 4.95. The molecule has 1 fully saturated rings. The standard InChI is InChI=1S/C30H33ClN4O2/c1-3-35(4-2)30(37)26-12-8-23(9-13-26)28(22-6-10-25(11-7-22)29(32)36)24-15-17-34(18-16-24)20-21-5-14-27(31)33-19-21/h5-14,19H,3-4,15-18,20H2,1-2H3,(H2,32,36). The lowest BCUT2D eigenvalue weighted by Gasteiger charge is -2.30. The van der Waals surface area contributed by atoms with Crippen LogP contribution in [0.1, 0.15) is 64.1 Å². The summed E-state index contributed by atoms with van der Waals surface area (Å²) in [5, 5.41) is 0.504. The minimum absolute atomic E-state index is 0.0431. The van der Waals surface area contributed by atoms with Crippen LogP contribution >= 0.6 is 11.6 Å². The molecular weight excluding hydrogens is 484 g/mol. The summed E-state index contributed by atoms with van der Waals surface area (Å²) in [4.78, 5) is 32.9. The van der Waals surface area contributed by atoms with E-state index in [1.165, 1.54) is 5.57 Å². The Kier molecular flexibility index (Phi) is 8.74. The molecule has 2 N–H and O–H groups in total. The number of nitrogens with two attached hydrogens (primary N) is 1. The Morgan fingerprint density at radius 1 is 0.865 bits per heavy atom. The second-order valence-corrected chi connectivity index (χ2v) is 9.63. The van der Waals surface area contributed by atoms with Crippen molar-refractivity contribution in [3.63, 3.8) is 0 Å². The molecule has 0 unspecified atom stereocenters. The van der Waals surface area contributed by atoms with E-state index in [4.69, 9.17) is 17.3 Å². The van der Waals surface area contributed by atoms with Gasteiger partial charge in [-0.2, -0.15) is 0 Å². The van der Waals surface area contributed by atoms with Crippen LogP contribution in [0.25, 0.3) is 5.57 Å². The first-order valence-corrected chi connectivity index (χ1v) is 13.1. The molecule has 0 saturated carbocycles. The Morgan fingerprint density at radius 3 is 1.89 bits per heavy atom. The Balaban J connectivity index is 1.61. The number of pyridine rings is 1. The quantitative estimate of drug-likeness (QED) is 0.406. The van der Waals surface area contributed by atoms with Crippen LogP contribution in [0.3, 0.4) is 0 Å². The number of nitrogens with zero attached hydrogens (tertiary/aromatic N) is 3. The number of carbonyl (C=O) groups excluding carboxylic acids is 2. The molecule has 1 aromatic heterocycles. The fraction of sp³-hybridized carbons (Fsp3) is 0.300. The fourth-order valence-electron chi connectivity index (χ4n) is 4.84. The third kappa shape index (κ3) is 6.45. The number of piperidine rings is 1. The summed E-state index contributed by atoms with van der Waals surface area (Å²) in [7, 11) is 0. The molecule has 2 aromatic carbocycles. The van der Waals surface area contributed by atoms with Crippen LogP contribution in [0.4, 0.5) is 0 Å².